The quantitative estimate of drug-likeness (QED) is 0.714. The van der Waals surface area contributed by atoms with Crippen molar-refractivity contribution in [2.75, 3.05) is 7.05 Å². The Morgan fingerprint density at radius 1 is 1.14 bits per heavy atom. The Morgan fingerprint density at radius 2 is 1.82 bits per heavy atom. The molecule has 0 aliphatic heterocycles. The van der Waals surface area contributed by atoms with Crippen LogP contribution in [0.2, 0.25) is 0 Å². The van der Waals surface area contributed by atoms with Crippen molar-refractivity contribution in [1.29, 1.82) is 0 Å². The summed E-state index contributed by atoms with van der Waals surface area (Å²) in [5.74, 6) is 2.21. The number of aromatic nitrogens is 2. The normalized spacial score (nSPS) is 20.1. The van der Waals surface area contributed by atoms with Crippen LogP contribution in [0.3, 0.4) is 0 Å². The van der Waals surface area contributed by atoms with E-state index in [9.17, 15) is 4.79 Å². The van der Waals surface area contributed by atoms with Crippen molar-refractivity contribution in [3.8, 4) is 0 Å². The van der Waals surface area contributed by atoms with Crippen LogP contribution in [0, 0.1) is 0 Å². The number of amides is 1. The summed E-state index contributed by atoms with van der Waals surface area (Å²) in [5, 5.41) is 4.04. The van der Waals surface area contributed by atoms with Gasteiger partial charge in [0, 0.05) is 31.3 Å². The predicted octanol–water partition coefficient (Wildman–Crippen LogP) is 4.87. The summed E-state index contributed by atoms with van der Waals surface area (Å²) in [5.41, 5.74) is 1.32. The molecule has 0 saturated heterocycles. The fourth-order valence-corrected chi connectivity index (χ4v) is 3.95. The minimum atomic E-state index is -0.115. The number of hydrogen-bond acceptors (Lipinski definition) is 4. The topological polar surface area (TPSA) is 59.2 Å². The molecule has 1 heterocycles. The third kappa shape index (κ3) is 5.21. The van der Waals surface area contributed by atoms with E-state index in [0.717, 1.165) is 37.9 Å². The van der Waals surface area contributed by atoms with E-state index in [1.807, 2.05) is 11.9 Å². The van der Waals surface area contributed by atoms with Gasteiger partial charge in [0.2, 0.25) is 11.8 Å². The Hall–Kier alpha value is -2.17. The molecule has 0 spiro atoms. The second-order valence-corrected chi connectivity index (χ2v) is 9.04. The lowest BCUT2D eigenvalue weighted by Gasteiger charge is -2.35. The number of carbonyl (C=O) groups is 1. The fraction of sp³-hybridized carbons (Fsp3) is 0.609. The number of carbonyl (C=O) groups excluding carboxylic acids is 1. The zero-order valence-corrected chi connectivity index (χ0v) is 17.6. The highest BCUT2D eigenvalue weighted by atomic mass is 16.5. The highest BCUT2D eigenvalue weighted by molar-refractivity contribution is 5.76. The average molecular weight is 384 g/mol. The van der Waals surface area contributed by atoms with Gasteiger partial charge in [0.1, 0.15) is 0 Å². The minimum Gasteiger partial charge on any atom is -0.343 e. The molecule has 1 amide bonds. The van der Waals surface area contributed by atoms with Gasteiger partial charge in [-0.05, 0) is 43.6 Å². The highest BCUT2D eigenvalue weighted by Gasteiger charge is 2.27. The number of rotatable bonds is 6. The first-order valence-electron chi connectivity index (χ1n) is 10.5. The standard InChI is InChI=1S/C23H33N3O2/c1-23(2,3)22-24-20(28-25-22)11-8-12-21(27)26(4)19-15-13-18(14-16-19)17-9-6-5-7-10-17/h5-7,9-10,18-19H,8,11-16H2,1-4H3. The van der Waals surface area contributed by atoms with Crippen LogP contribution >= 0.6 is 0 Å². The summed E-state index contributed by atoms with van der Waals surface area (Å²) in [6.45, 7) is 6.19. The van der Waals surface area contributed by atoms with Crippen molar-refractivity contribution in [2.24, 2.45) is 0 Å². The van der Waals surface area contributed by atoms with Gasteiger partial charge in [0.15, 0.2) is 5.82 Å². The maximum Gasteiger partial charge on any atom is 0.226 e. The number of hydrogen-bond donors (Lipinski definition) is 0. The first kappa shape index (κ1) is 20.6. The molecule has 5 heteroatoms. The SMILES string of the molecule is CN(C(=O)CCCc1nc(C(C)(C)C)no1)C1CCC(c2ccccc2)CC1. The van der Waals surface area contributed by atoms with Crippen LogP contribution in [0.1, 0.15) is 82.5 Å². The van der Waals surface area contributed by atoms with E-state index in [4.69, 9.17) is 4.52 Å². The molecule has 1 aromatic heterocycles. The van der Waals surface area contributed by atoms with Gasteiger partial charge >= 0.3 is 0 Å². The fourth-order valence-electron chi connectivity index (χ4n) is 3.95. The van der Waals surface area contributed by atoms with Crippen molar-refractivity contribution in [1.82, 2.24) is 15.0 Å². The summed E-state index contributed by atoms with van der Waals surface area (Å²) >= 11 is 0. The summed E-state index contributed by atoms with van der Waals surface area (Å²) in [7, 11) is 1.96. The van der Waals surface area contributed by atoms with E-state index < -0.39 is 0 Å². The van der Waals surface area contributed by atoms with Crippen LogP contribution in [0.15, 0.2) is 34.9 Å². The van der Waals surface area contributed by atoms with Crippen molar-refractivity contribution in [3.63, 3.8) is 0 Å². The van der Waals surface area contributed by atoms with Gasteiger partial charge in [-0.3, -0.25) is 4.79 Å². The van der Waals surface area contributed by atoms with Gasteiger partial charge in [-0.25, -0.2) is 0 Å². The Bertz CT molecular complexity index is 756. The molecule has 5 nitrogen and oxygen atoms in total. The summed E-state index contributed by atoms with van der Waals surface area (Å²) < 4.78 is 5.32. The van der Waals surface area contributed by atoms with Gasteiger partial charge in [-0.2, -0.15) is 4.98 Å². The highest BCUT2D eigenvalue weighted by Crippen LogP contribution is 2.34. The first-order valence-corrected chi connectivity index (χ1v) is 10.5. The number of benzene rings is 1. The summed E-state index contributed by atoms with van der Waals surface area (Å²) in [6, 6.07) is 11.1. The molecule has 0 radical (unpaired) electrons. The Balaban J connectivity index is 1.42. The zero-order valence-electron chi connectivity index (χ0n) is 17.6. The van der Waals surface area contributed by atoms with E-state index in [-0.39, 0.29) is 11.3 Å². The molecule has 152 valence electrons. The molecule has 0 N–H and O–H groups in total. The molecule has 28 heavy (non-hydrogen) atoms. The van der Waals surface area contributed by atoms with Gasteiger partial charge in [0.05, 0.1) is 0 Å². The molecule has 1 aromatic carbocycles. The lowest BCUT2D eigenvalue weighted by Crippen LogP contribution is -2.39. The van der Waals surface area contributed by atoms with E-state index in [0.29, 0.717) is 30.7 Å². The third-order valence-corrected chi connectivity index (χ3v) is 5.83. The number of aryl methyl sites for hydroxylation is 1. The second-order valence-electron chi connectivity index (χ2n) is 9.04. The van der Waals surface area contributed by atoms with Crippen molar-refractivity contribution in [2.45, 2.75) is 83.1 Å². The predicted molar refractivity (Wildman–Crippen MR) is 110 cm³/mol. The van der Waals surface area contributed by atoms with Gasteiger partial charge in [0.25, 0.3) is 0 Å². The van der Waals surface area contributed by atoms with Crippen LogP contribution in [0.5, 0.6) is 0 Å². The molecule has 0 atom stereocenters. The monoisotopic (exact) mass is 383 g/mol. The molecule has 0 bridgehead atoms. The van der Waals surface area contributed by atoms with Gasteiger partial charge in [-0.1, -0.05) is 56.3 Å². The maximum atomic E-state index is 12.6. The molecule has 1 saturated carbocycles. The minimum absolute atomic E-state index is 0.115. The van der Waals surface area contributed by atoms with E-state index in [2.05, 4.69) is 61.2 Å². The van der Waals surface area contributed by atoms with E-state index >= 15 is 0 Å². The smallest absolute Gasteiger partial charge is 0.226 e. The Labute approximate surface area is 168 Å². The van der Waals surface area contributed by atoms with Crippen LogP contribution < -0.4 is 0 Å². The lowest BCUT2D eigenvalue weighted by atomic mass is 9.81. The van der Waals surface area contributed by atoms with E-state index in [1.54, 1.807) is 0 Å². The van der Waals surface area contributed by atoms with Crippen LogP contribution in [-0.2, 0) is 16.6 Å². The first-order chi connectivity index (χ1) is 13.3. The van der Waals surface area contributed by atoms with Crippen molar-refractivity contribution in [3.05, 3.63) is 47.6 Å². The van der Waals surface area contributed by atoms with Crippen LogP contribution in [0.25, 0.3) is 0 Å². The average Bonchev–Trinajstić information content (AvgIpc) is 3.17. The van der Waals surface area contributed by atoms with Crippen LogP contribution in [0.4, 0.5) is 0 Å². The zero-order chi connectivity index (χ0) is 20.1. The van der Waals surface area contributed by atoms with Gasteiger partial charge in [-0.15, -0.1) is 0 Å². The Kier molecular flexibility index (Phi) is 6.53. The molecule has 1 aliphatic carbocycles. The van der Waals surface area contributed by atoms with Crippen LogP contribution in [-0.4, -0.2) is 34.0 Å². The second kappa shape index (κ2) is 8.89. The van der Waals surface area contributed by atoms with Gasteiger partial charge < -0.3 is 9.42 Å². The largest absolute Gasteiger partial charge is 0.343 e. The lowest BCUT2D eigenvalue weighted by molar-refractivity contribution is -0.132. The molecule has 2 aromatic rings. The molecule has 1 aliphatic rings. The third-order valence-electron chi connectivity index (χ3n) is 5.83. The molecular formula is C23H33N3O2. The molecule has 3 rings (SSSR count). The Morgan fingerprint density at radius 3 is 2.43 bits per heavy atom. The molecule has 1 fully saturated rings. The maximum absolute atomic E-state index is 12.6. The van der Waals surface area contributed by atoms with Crippen molar-refractivity contribution < 1.29 is 9.32 Å². The summed E-state index contributed by atoms with van der Waals surface area (Å²) in [6.07, 6.45) is 6.41. The molecule has 0 unspecified atom stereocenters. The van der Waals surface area contributed by atoms with Crippen molar-refractivity contribution >= 4 is 5.91 Å². The number of nitrogens with zero attached hydrogens (tertiary/aromatic N) is 3. The van der Waals surface area contributed by atoms with E-state index in [1.165, 1.54) is 5.56 Å². The molecular weight excluding hydrogens is 350 g/mol. The summed E-state index contributed by atoms with van der Waals surface area (Å²) in [4.78, 5) is 19.0.